The Labute approximate surface area is 160 Å². The Kier molecular flexibility index (Phi) is 4.46. The van der Waals surface area contributed by atoms with E-state index in [1.165, 1.54) is 14.2 Å². The Morgan fingerprint density at radius 1 is 0.880 bits per heavy atom. The Morgan fingerprint density at radius 2 is 1.52 bits per heavy atom. The van der Waals surface area contributed by atoms with Crippen molar-refractivity contribution in [2.24, 2.45) is 0 Å². The van der Waals surface area contributed by atoms with Gasteiger partial charge in [0.25, 0.3) is 0 Å². The van der Waals surface area contributed by atoms with E-state index in [1.807, 2.05) is 17.5 Å². The molecule has 0 saturated heterocycles. The van der Waals surface area contributed by atoms with E-state index in [-0.39, 0.29) is 11.1 Å². The number of halogens is 2. The minimum absolute atomic E-state index is 0.215. The molecule has 0 unspecified atom stereocenters. The molecule has 0 atom stereocenters. The van der Waals surface area contributed by atoms with Gasteiger partial charge in [0, 0.05) is 0 Å². The summed E-state index contributed by atoms with van der Waals surface area (Å²) in [7, 11) is 0. The van der Waals surface area contributed by atoms with Crippen LogP contribution in [-0.2, 0) is 0 Å². The standard InChI is InChI=1S/C14H5F2N2S3.3CH3.Sn/c15-11-9(7-3-1-5-19-7)13-14(18-21-17-13)10(12(11)16)8-4-2-6-20-8;;;;/h1-5H;3*1H3;. The van der Waals surface area contributed by atoms with Crippen LogP contribution in [0.25, 0.3) is 31.9 Å². The van der Waals surface area contributed by atoms with Gasteiger partial charge in [-0.15, -0.1) is 0 Å². The predicted octanol–water partition coefficient (Wildman–Crippen LogP) is 5.97. The van der Waals surface area contributed by atoms with E-state index in [1.54, 1.807) is 17.4 Å². The van der Waals surface area contributed by atoms with Crippen molar-refractivity contribution in [3.63, 3.8) is 0 Å². The topological polar surface area (TPSA) is 25.8 Å². The molecule has 128 valence electrons. The molecule has 0 aliphatic carbocycles. The van der Waals surface area contributed by atoms with E-state index in [2.05, 4.69) is 29.6 Å². The van der Waals surface area contributed by atoms with Gasteiger partial charge in [-0.1, -0.05) is 0 Å². The molecule has 0 saturated carbocycles. The number of thiophene rings is 2. The van der Waals surface area contributed by atoms with Gasteiger partial charge in [-0.25, -0.2) is 0 Å². The summed E-state index contributed by atoms with van der Waals surface area (Å²) in [5.74, 6) is -1.67. The van der Waals surface area contributed by atoms with Gasteiger partial charge in [0.1, 0.15) is 0 Å². The van der Waals surface area contributed by atoms with Gasteiger partial charge in [0.15, 0.2) is 0 Å². The Hall–Kier alpha value is -0.901. The third-order valence-electron chi connectivity index (χ3n) is 3.95. The third kappa shape index (κ3) is 2.94. The molecule has 3 heterocycles. The van der Waals surface area contributed by atoms with E-state index in [0.717, 1.165) is 16.6 Å². The summed E-state index contributed by atoms with van der Waals surface area (Å²) in [4.78, 5) is 8.32. The first kappa shape index (κ1) is 17.5. The van der Waals surface area contributed by atoms with Crippen molar-refractivity contribution in [1.29, 1.82) is 0 Å². The number of hydrogen-bond donors (Lipinski definition) is 0. The van der Waals surface area contributed by atoms with Crippen molar-refractivity contribution in [1.82, 2.24) is 8.75 Å². The molecule has 0 bridgehead atoms. The van der Waals surface area contributed by atoms with E-state index in [0.29, 0.717) is 15.9 Å². The van der Waals surface area contributed by atoms with Crippen LogP contribution in [0.4, 0.5) is 8.78 Å². The summed E-state index contributed by atoms with van der Waals surface area (Å²) in [5, 5.41) is 1.84. The fourth-order valence-electron chi connectivity index (χ4n) is 2.69. The van der Waals surface area contributed by atoms with E-state index < -0.39 is 30.0 Å². The molecular weight excluding hydrogens is 485 g/mol. The molecule has 2 nitrogen and oxygen atoms in total. The normalized spacial score (nSPS) is 12.2. The van der Waals surface area contributed by atoms with Crippen molar-refractivity contribution in [2.45, 2.75) is 14.8 Å². The van der Waals surface area contributed by atoms with Crippen LogP contribution >= 0.6 is 34.4 Å². The fourth-order valence-corrected chi connectivity index (χ4v) is 10.3. The maximum absolute atomic E-state index is 15.0. The summed E-state index contributed by atoms with van der Waals surface area (Å²) in [5.41, 5.74) is 1.35. The summed E-state index contributed by atoms with van der Waals surface area (Å²) in [6.45, 7) is 0. The summed E-state index contributed by atoms with van der Waals surface area (Å²) >= 11 is 1.66. The Bertz CT molecular complexity index is 1060. The molecule has 4 aromatic rings. The first-order valence-corrected chi connectivity index (χ1v) is 20.1. The van der Waals surface area contributed by atoms with E-state index >= 15 is 4.39 Å². The van der Waals surface area contributed by atoms with Crippen LogP contribution < -0.4 is 2.89 Å². The second-order valence-electron chi connectivity index (χ2n) is 6.73. The molecule has 0 amide bonds. The second kappa shape index (κ2) is 6.36. The maximum atomic E-state index is 15.0. The monoisotopic (exact) mass is 500 g/mol. The molecule has 4 rings (SSSR count). The van der Waals surface area contributed by atoms with Crippen LogP contribution in [0.2, 0.25) is 14.8 Å². The van der Waals surface area contributed by atoms with Gasteiger partial charge in [0.05, 0.1) is 0 Å². The van der Waals surface area contributed by atoms with Crippen LogP contribution in [0.3, 0.4) is 0 Å². The molecule has 0 fully saturated rings. The molecule has 25 heavy (non-hydrogen) atoms. The number of rotatable bonds is 3. The minimum atomic E-state index is -2.26. The zero-order valence-electron chi connectivity index (χ0n) is 13.8. The van der Waals surface area contributed by atoms with Crippen molar-refractivity contribution in [3.05, 3.63) is 41.3 Å². The van der Waals surface area contributed by atoms with Gasteiger partial charge >= 0.3 is 161 Å². The predicted molar refractivity (Wildman–Crippen MR) is 107 cm³/mol. The molecule has 0 N–H and O–H groups in total. The molecule has 0 radical (unpaired) electrons. The van der Waals surface area contributed by atoms with E-state index in [4.69, 9.17) is 0 Å². The molecule has 0 spiro atoms. The SMILES string of the molecule is [CH3][Sn]([CH3])([CH3])[c]1ccc(-c2c(F)c(F)c(-c3cccs3)c3nsnc23)s1. The van der Waals surface area contributed by atoms with Gasteiger partial charge in [-0.3, -0.25) is 0 Å². The third-order valence-corrected chi connectivity index (χ3v) is 16.0. The van der Waals surface area contributed by atoms with E-state index in [9.17, 15) is 4.39 Å². The van der Waals surface area contributed by atoms with Crippen LogP contribution in [0.1, 0.15) is 0 Å². The molecule has 1 aromatic carbocycles. The molecule has 0 aliphatic heterocycles. The fraction of sp³-hybridized carbons (Fsp3) is 0.176. The van der Waals surface area contributed by atoms with Crippen molar-refractivity contribution in [2.75, 3.05) is 0 Å². The van der Waals surface area contributed by atoms with Gasteiger partial charge in [-0.2, -0.15) is 0 Å². The number of hydrogen-bond acceptors (Lipinski definition) is 5. The van der Waals surface area contributed by atoms with Crippen LogP contribution in [-0.4, -0.2) is 27.1 Å². The molecular formula is C17H14F2N2S3Sn. The van der Waals surface area contributed by atoms with Gasteiger partial charge in [-0.05, 0) is 0 Å². The first-order valence-electron chi connectivity index (χ1n) is 7.65. The zero-order chi connectivity index (χ0) is 17.8. The first-order chi connectivity index (χ1) is 11.9. The molecule has 0 aliphatic rings. The second-order valence-corrected chi connectivity index (χ2v) is 24.7. The van der Waals surface area contributed by atoms with Crippen molar-refractivity contribution in [3.8, 4) is 20.9 Å². The summed E-state index contributed by atoms with van der Waals surface area (Å²) in [6, 6.07) is 7.55. The average molecular weight is 499 g/mol. The van der Waals surface area contributed by atoms with Crippen molar-refractivity contribution < 1.29 is 8.78 Å². The van der Waals surface area contributed by atoms with Crippen LogP contribution in [0, 0.1) is 11.6 Å². The van der Waals surface area contributed by atoms with Crippen molar-refractivity contribution >= 4 is 66.7 Å². The summed E-state index contributed by atoms with van der Waals surface area (Å²) in [6.07, 6.45) is 0. The number of aromatic nitrogens is 2. The Morgan fingerprint density at radius 3 is 2.04 bits per heavy atom. The zero-order valence-corrected chi connectivity index (χ0v) is 19.1. The van der Waals surface area contributed by atoms with Gasteiger partial charge in [0.2, 0.25) is 0 Å². The summed E-state index contributed by atoms with van der Waals surface area (Å²) < 4.78 is 39.9. The number of benzene rings is 1. The Balaban J connectivity index is 2.01. The van der Waals surface area contributed by atoms with Crippen LogP contribution in [0.15, 0.2) is 29.6 Å². The van der Waals surface area contributed by atoms with Crippen LogP contribution in [0.5, 0.6) is 0 Å². The number of nitrogens with zero attached hydrogens (tertiary/aromatic N) is 2. The van der Waals surface area contributed by atoms with Gasteiger partial charge < -0.3 is 0 Å². The average Bonchev–Trinajstić information content (AvgIpc) is 3.28. The molecule has 8 heteroatoms. The quantitative estimate of drug-likeness (QED) is 0.325. The molecule has 3 aromatic heterocycles. The number of fused-ring (bicyclic) bond motifs is 1.